The van der Waals surface area contributed by atoms with E-state index in [-0.39, 0.29) is 30.7 Å². The van der Waals surface area contributed by atoms with E-state index in [4.69, 9.17) is 9.47 Å². The van der Waals surface area contributed by atoms with Crippen LogP contribution in [0.1, 0.15) is 46.1 Å². The number of benzene rings is 1. The molecule has 0 aromatic heterocycles. The van der Waals surface area contributed by atoms with Crippen LogP contribution in [0.15, 0.2) is 23.1 Å². The van der Waals surface area contributed by atoms with Crippen LogP contribution in [-0.2, 0) is 21.2 Å². The molecule has 0 saturated carbocycles. The number of piperidine rings is 1. The minimum Gasteiger partial charge on any atom is -0.490 e. The van der Waals surface area contributed by atoms with E-state index in [2.05, 4.69) is 5.32 Å². The van der Waals surface area contributed by atoms with Crippen molar-refractivity contribution in [1.82, 2.24) is 9.62 Å². The fourth-order valence-electron chi connectivity index (χ4n) is 3.71. The number of hydrogen-bond donors (Lipinski definition) is 2. The normalized spacial score (nSPS) is 21.9. The highest BCUT2D eigenvalue weighted by Crippen LogP contribution is 2.33. The van der Waals surface area contributed by atoms with Crippen molar-refractivity contribution in [2.75, 3.05) is 19.7 Å². The second-order valence-corrected chi connectivity index (χ2v) is 10.8. The van der Waals surface area contributed by atoms with Crippen molar-refractivity contribution in [3.05, 3.63) is 23.8 Å². The Hall–Kier alpha value is -1.84. The van der Waals surface area contributed by atoms with Crippen LogP contribution in [0.3, 0.4) is 0 Å². The first kappa shape index (κ1) is 21.9. The minimum atomic E-state index is -3.66. The number of ether oxygens (including phenoxy) is 2. The highest BCUT2D eigenvalue weighted by molar-refractivity contribution is 7.89. The van der Waals surface area contributed by atoms with Crippen molar-refractivity contribution in [1.29, 1.82) is 0 Å². The number of sulfonamides is 1. The monoisotopic (exact) mass is 426 g/mol. The molecule has 0 aliphatic carbocycles. The van der Waals surface area contributed by atoms with E-state index in [9.17, 15) is 18.3 Å². The van der Waals surface area contributed by atoms with Gasteiger partial charge in [-0.15, -0.1) is 0 Å². The van der Waals surface area contributed by atoms with Gasteiger partial charge in [-0.3, -0.25) is 0 Å². The molecule has 1 atom stereocenters. The van der Waals surface area contributed by atoms with Gasteiger partial charge in [-0.2, -0.15) is 4.31 Å². The number of carbonyl (C=O) groups excluding carboxylic acids is 1. The van der Waals surface area contributed by atoms with Crippen LogP contribution in [0.4, 0.5) is 4.79 Å². The Bertz CT molecular complexity index is 869. The van der Waals surface area contributed by atoms with Gasteiger partial charge < -0.3 is 19.9 Å². The van der Waals surface area contributed by atoms with Crippen molar-refractivity contribution >= 4 is 16.1 Å². The molecule has 2 N–H and O–H groups in total. The third-order valence-corrected chi connectivity index (χ3v) is 7.15. The standard InChI is InChI=1S/C20H30N2O6S/c1-14-11-15-12-16(5-6-17(15)27-14)29(25,26)22-9-7-20(13-23,8-10-22)21-18(24)28-19(2,3)4/h5-6,12,14,23H,7-11,13H2,1-4H3,(H,21,24)/t14-/m0/s1. The zero-order chi connectivity index (χ0) is 21.4. The maximum Gasteiger partial charge on any atom is 0.408 e. The zero-order valence-electron chi connectivity index (χ0n) is 17.4. The molecule has 1 fully saturated rings. The first-order valence-corrected chi connectivity index (χ1v) is 11.3. The molecule has 8 nitrogen and oxygen atoms in total. The average molecular weight is 427 g/mol. The summed E-state index contributed by atoms with van der Waals surface area (Å²) >= 11 is 0. The first-order chi connectivity index (χ1) is 13.4. The Labute approximate surface area is 172 Å². The SMILES string of the molecule is C[C@H]1Cc2cc(S(=O)(=O)N3CCC(CO)(NC(=O)OC(C)(C)C)CC3)ccc2O1. The molecular formula is C20H30N2O6S. The van der Waals surface area contributed by atoms with Gasteiger partial charge in [-0.1, -0.05) is 0 Å². The summed E-state index contributed by atoms with van der Waals surface area (Å²) in [6.45, 7) is 7.34. The van der Waals surface area contributed by atoms with Crippen LogP contribution in [0.2, 0.25) is 0 Å². The number of alkyl carbamates (subject to hydrolysis) is 1. The fraction of sp³-hybridized carbons (Fsp3) is 0.650. The number of hydrogen-bond acceptors (Lipinski definition) is 6. The van der Waals surface area contributed by atoms with Gasteiger partial charge in [0.2, 0.25) is 10.0 Å². The van der Waals surface area contributed by atoms with Gasteiger partial charge >= 0.3 is 6.09 Å². The number of nitrogens with zero attached hydrogens (tertiary/aromatic N) is 1. The van der Waals surface area contributed by atoms with Gasteiger partial charge in [0, 0.05) is 19.5 Å². The van der Waals surface area contributed by atoms with Gasteiger partial charge in [0.15, 0.2) is 0 Å². The third-order valence-electron chi connectivity index (χ3n) is 5.25. The Kier molecular flexibility index (Phi) is 5.86. The highest BCUT2D eigenvalue weighted by Gasteiger charge is 2.40. The quantitative estimate of drug-likeness (QED) is 0.763. The van der Waals surface area contributed by atoms with E-state index >= 15 is 0 Å². The van der Waals surface area contributed by atoms with E-state index < -0.39 is 27.3 Å². The number of aliphatic hydroxyl groups excluding tert-OH is 1. The lowest BCUT2D eigenvalue weighted by Gasteiger charge is -2.40. The first-order valence-electron chi connectivity index (χ1n) is 9.86. The molecule has 0 spiro atoms. The smallest absolute Gasteiger partial charge is 0.408 e. The van der Waals surface area contributed by atoms with E-state index in [1.165, 1.54) is 4.31 Å². The third kappa shape index (κ3) is 4.84. The van der Waals surface area contributed by atoms with E-state index in [1.807, 2.05) is 6.92 Å². The van der Waals surface area contributed by atoms with Gasteiger partial charge in [0.05, 0.1) is 17.0 Å². The predicted molar refractivity (Wildman–Crippen MR) is 107 cm³/mol. The largest absolute Gasteiger partial charge is 0.490 e. The Morgan fingerprint density at radius 2 is 2.00 bits per heavy atom. The summed E-state index contributed by atoms with van der Waals surface area (Å²) in [5, 5.41) is 12.6. The van der Waals surface area contributed by atoms with Crippen LogP contribution in [0, 0.1) is 0 Å². The summed E-state index contributed by atoms with van der Waals surface area (Å²) in [7, 11) is -3.66. The number of nitrogens with one attached hydrogen (secondary N) is 1. The Morgan fingerprint density at radius 3 is 2.59 bits per heavy atom. The number of amides is 1. The van der Waals surface area contributed by atoms with E-state index in [0.29, 0.717) is 19.3 Å². The van der Waals surface area contributed by atoms with Crippen LogP contribution >= 0.6 is 0 Å². The topological polar surface area (TPSA) is 105 Å². The average Bonchev–Trinajstić information content (AvgIpc) is 2.99. The van der Waals surface area contributed by atoms with Crippen molar-refractivity contribution < 1.29 is 27.8 Å². The molecule has 29 heavy (non-hydrogen) atoms. The lowest BCUT2D eigenvalue weighted by Crippen LogP contribution is -2.58. The lowest BCUT2D eigenvalue weighted by molar-refractivity contribution is 0.0324. The van der Waals surface area contributed by atoms with Crippen LogP contribution < -0.4 is 10.1 Å². The molecule has 2 heterocycles. The summed E-state index contributed by atoms with van der Waals surface area (Å²) in [6, 6.07) is 4.96. The van der Waals surface area contributed by atoms with Crippen LogP contribution in [0.25, 0.3) is 0 Å². The fourth-order valence-corrected chi connectivity index (χ4v) is 5.20. The number of aliphatic hydroxyl groups is 1. The molecule has 2 aliphatic heterocycles. The maximum atomic E-state index is 13.1. The molecule has 2 aliphatic rings. The number of rotatable bonds is 4. The number of carbonyl (C=O) groups is 1. The molecule has 1 aromatic carbocycles. The summed E-state index contributed by atoms with van der Waals surface area (Å²) in [6.07, 6.45) is 0.712. The number of fused-ring (bicyclic) bond motifs is 1. The second-order valence-electron chi connectivity index (χ2n) is 8.87. The molecule has 1 aromatic rings. The molecule has 9 heteroatoms. The van der Waals surface area contributed by atoms with Crippen molar-refractivity contribution in [3.8, 4) is 5.75 Å². The Balaban J connectivity index is 1.69. The molecule has 0 unspecified atom stereocenters. The maximum absolute atomic E-state index is 13.1. The van der Waals surface area contributed by atoms with Gasteiger partial charge in [-0.05, 0) is 64.3 Å². The molecule has 1 amide bonds. The summed E-state index contributed by atoms with van der Waals surface area (Å²) < 4.78 is 38.5. The molecule has 1 saturated heterocycles. The Morgan fingerprint density at radius 1 is 1.34 bits per heavy atom. The van der Waals surface area contributed by atoms with Gasteiger partial charge in [0.25, 0.3) is 0 Å². The molecule has 162 valence electrons. The van der Waals surface area contributed by atoms with Crippen molar-refractivity contribution in [2.45, 2.75) is 69.1 Å². The minimum absolute atomic E-state index is 0.0436. The predicted octanol–water partition coefficient (Wildman–Crippen LogP) is 2.05. The van der Waals surface area contributed by atoms with Crippen molar-refractivity contribution in [2.24, 2.45) is 0 Å². The summed E-state index contributed by atoms with van der Waals surface area (Å²) in [4.78, 5) is 12.4. The van der Waals surface area contributed by atoms with Crippen LogP contribution in [0.5, 0.6) is 5.75 Å². The molecule has 0 bridgehead atoms. The van der Waals surface area contributed by atoms with Crippen LogP contribution in [-0.4, -0.2) is 60.9 Å². The molecular weight excluding hydrogens is 396 g/mol. The summed E-state index contributed by atoms with van der Waals surface area (Å²) in [5.41, 5.74) is -0.651. The zero-order valence-corrected chi connectivity index (χ0v) is 18.2. The summed E-state index contributed by atoms with van der Waals surface area (Å²) in [5.74, 6) is 0.732. The second kappa shape index (κ2) is 7.77. The lowest BCUT2D eigenvalue weighted by atomic mass is 9.89. The van der Waals surface area contributed by atoms with E-state index in [1.54, 1.807) is 39.0 Å². The van der Waals surface area contributed by atoms with E-state index in [0.717, 1.165) is 11.3 Å². The molecule has 3 rings (SSSR count). The van der Waals surface area contributed by atoms with Gasteiger partial charge in [-0.25, -0.2) is 13.2 Å². The molecule has 0 radical (unpaired) electrons. The highest BCUT2D eigenvalue weighted by atomic mass is 32.2. The van der Waals surface area contributed by atoms with Crippen molar-refractivity contribution in [3.63, 3.8) is 0 Å². The van der Waals surface area contributed by atoms with Gasteiger partial charge in [0.1, 0.15) is 17.5 Å².